The molecule has 20 heavy (non-hydrogen) atoms. The van der Waals surface area contributed by atoms with Gasteiger partial charge in [-0.05, 0) is 37.0 Å². The SMILES string of the molecule is CC1CCCn2c(nc3cc(C(=O)O)ccc3c2=O)C1. The van der Waals surface area contributed by atoms with Gasteiger partial charge in [-0.15, -0.1) is 0 Å². The van der Waals surface area contributed by atoms with Crippen LogP contribution in [0.1, 0.15) is 35.9 Å². The summed E-state index contributed by atoms with van der Waals surface area (Å²) >= 11 is 0. The molecule has 1 unspecified atom stereocenters. The van der Waals surface area contributed by atoms with E-state index in [0.717, 1.165) is 25.1 Å². The lowest BCUT2D eigenvalue weighted by Gasteiger charge is -2.11. The molecule has 1 aromatic carbocycles. The van der Waals surface area contributed by atoms with Gasteiger partial charge in [0.05, 0.1) is 16.5 Å². The van der Waals surface area contributed by atoms with Crippen molar-refractivity contribution in [3.05, 3.63) is 39.9 Å². The summed E-state index contributed by atoms with van der Waals surface area (Å²) in [6, 6.07) is 4.51. The fourth-order valence-electron chi connectivity index (χ4n) is 2.80. The molecule has 1 aliphatic heterocycles. The average Bonchev–Trinajstić information content (AvgIpc) is 2.59. The van der Waals surface area contributed by atoms with E-state index in [9.17, 15) is 9.59 Å². The van der Waals surface area contributed by atoms with E-state index in [1.54, 1.807) is 10.6 Å². The van der Waals surface area contributed by atoms with Crippen LogP contribution >= 0.6 is 0 Å². The van der Waals surface area contributed by atoms with Gasteiger partial charge in [0, 0.05) is 13.0 Å². The molecule has 1 atom stereocenters. The molecular formula is C15H16N2O3. The number of rotatable bonds is 1. The number of nitrogens with zero attached hydrogens (tertiary/aromatic N) is 2. The molecule has 0 aliphatic carbocycles. The Bertz CT molecular complexity index is 749. The fourth-order valence-corrected chi connectivity index (χ4v) is 2.80. The number of carboxylic acids is 1. The Morgan fingerprint density at radius 2 is 2.25 bits per heavy atom. The van der Waals surface area contributed by atoms with Crippen molar-refractivity contribution >= 4 is 16.9 Å². The molecule has 1 aromatic heterocycles. The second kappa shape index (κ2) is 4.74. The number of benzene rings is 1. The lowest BCUT2D eigenvalue weighted by molar-refractivity contribution is 0.0697. The van der Waals surface area contributed by atoms with E-state index in [0.29, 0.717) is 23.4 Å². The first kappa shape index (κ1) is 12.8. The van der Waals surface area contributed by atoms with Gasteiger partial charge in [0.2, 0.25) is 0 Å². The van der Waals surface area contributed by atoms with Crippen LogP contribution in [0.5, 0.6) is 0 Å². The van der Waals surface area contributed by atoms with Crippen LogP contribution in [0.3, 0.4) is 0 Å². The summed E-state index contributed by atoms with van der Waals surface area (Å²) < 4.78 is 1.74. The van der Waals surface area contributed by atoms with Crippen molar-refractivity contribution in [1.29, 1.82) is 0 Å². The van der Waals surface area contributed by atoms with Gasteiger partial charge in [-0.3, -0.25) is 9.36 Å². The Balaban J connectivity index is 2.25. The number of hydrogen-bond acceptors (Lipinski definition) is 3. The predicted molar refractivity (Wildman–Crippen MR) is 75.1 cm³/mol. The molecule has 0 spiro atoms. The van der Waals surface area contributed by atoms with Crippen molar-refractivity contribution in [3.63, 3.8) is 0 Å². The third kappa shape index (κ3) is 2.09. The zero-order valence-corrected chi connectivity index (χ0v) is 11.3. The van der Waals surface area contributed by atoms with Crippen LogP contribution in [-0.2, 0) is 13.0 Å². The molecule has 5 nitrogen and oxygen atoms in total. The van der Waals surface area contributed by atoms with Crippen molar-refractivity contribution in [2.24, 2.45) is 5.92 Å². The van der Waals surface area contributed by atoms with E-state index in [1.165, 1.54) is 12.1 Å². The van der Waals surface area contributed by atoms with Crippen molar-refractivity contribution in [3.8, 4) is 0 Å². The Morgan fingerprint density at radius 3 is 3.00 bits per heavy atom. The number of hydrogen-bond donors (Lipinski definition) is 1. The summed E-state index contributed by atoms with van der Waals surface area (Å²) in [5, 5.41) is 9.52. The number of aromatic carboxylic acids is 1. The maximum Gasteiger partial charge on any atom is 0.335 e. The van der Waals surface area contributed by atoms with Crippen LogP contribution in [0, 0.1) is 5.92 Å². The highest BCUT2D eigenvalue weighted by molar-refractivity contribution is 5.92. The van der Waals surface area contributed by atoms with Crippen LogP contribution in [0.4, 0.5) is 0 Å². The van der Waals surface area contributed by atoms with Gasteiger partial charge in [-0.2, -0.15) is 0 Å². The van der Waals surface area contributed by atoms with Gasteiger partial charge in [0.1, 0.15) is 5.82 Å². The first-order valence-corrected chi connectivity index (χ1v) is 6.83. The maximum atomic E-state index is 12.5. The predicted octanol–water partition coefficient (Wildman–Crippen LogP) is 2.07. The zero-order valence-electron chi connectivity index (χ0n) is 11.3. The van der Waals surface area contributed by atoms with Crippen molar-refractivity contribution < 1.29 is 9.90 Å². The third-order valence-electron chi connectivity index (χ3n) is 3.89. The van der Waals surface area contributed by atoms with Gasteiger partial charge in [0.25, 0.3) is 5.56 Å². The summed E-state index contributed by atoms with van der Waals surface area (Å²) in [4.78, 5) is 28.0. The second-order valence-corrected chi connectivity index (χ2v) is 5.47. The Kier molecular flexibility index (Phi) is 3.04. The largest absolute Gasteiger partial charge is 0.478 e. The molecule has 1 N–H and O–H groups in total. The fraction of sp³-hybridized carbons (Fsp3) is 0.400. The monoisotopic (exact) mass is 272 g/mol. The van der Waals surface area contributed by atoms with Crippen LogP contribution in [-0.4, -0.2) is 20.6 Å². The van der Waals surface area contributed by atoms with Crippen LogP contribution in [0.25, 0.3) is 10.9 Å². The highest BCUT2D eigenvalue weighted by Crippen LogP contribution is 2.19. The first-order valence-electron chi connectivity index (χ1n) is 6.83. The highest BCUT2D eigenvalue weighted by atomic mass is 16.4. The smallest absolute Gasteiger partial charge is 0.335 e. The summed E-state index contributed by atoms with van der Waals surface area (Å²) in [6.07, 6.45) is 2.83. The van der Waals surface area contributed by atoms with E-state index in [-0.39, 0.29) is 11.1 Å². The van der Waals surface area contributed by atoms with E-state index in [2.05, 4.69) is 11.9 Å². The van der Waals surface area contributed by atoms with Crippen molar-refractivity contribution in [2.75, 3.05) is 0 Å². The van der Waals surface area contributed by atoms with Crippen molar-refractivity contribution in [2.45, 2.75) is 32.7 Å². The number of carbonyl (C=O) groups is 1. The van der Waals surface area contributed by atoms with Gasteiger partial charge in [-0.25, -0.2) is 9.78 Å². The van der Waals surface area contributed by atoms with E-state index in [4.69, 9.17) is 5.11 Å². The molecule has 1 aliphatic rings. The molecule has 104 valence electrons. The Labute approximate surface area is 115 Å². The van der Waals surface area contributed by atoms with Crippen molar-refractivity contribution in [1.82, 2.24) is 9.55 Å². The molecule has 2 heterocycles. The number of carboxylic acid groups (broad SMARTS) is 1. The van der Waals surface area contributed by atoms with Crippen LogP contribution in [0.2, 0.25) is 0 Å². The van der Waals surface area contributed by atoms with E-state index in [1.807, 2.05) is 0 Å². The van der Waals surface area contributed by atoms with Gasteiger partial charge in [-0.1, -0.05) is 6.92 Å². The number of aromatic nitrogens is 2. The summed E-state index contributed by atoms with van der Waals surface area (Å²) in [5.41, 5.74) is 0.585. The number of fused-ring (bicyclic) bond motifs is 2. The minimum atomic E-state index is -1.00. The standard InChI is InChI=1S/C15H16N2O3/c1-9-3-2-6-17-13(7-9)16-12-8-10(15(19)20)4-5-11(12)14(17)18/h4-5,8-9H,2-3,6-7H2,1H3,(H,19,20). The molecule has 2 aromatic rings. The normalized spacial score (nSPS) is 18.6. The molecule has 0 amide bonds. The minimum absolute atomic E-state index is 0.0592. The topological polar surface area (TPSA) is 72.2 Å². The lowest BCUT2D eigenvalue weighted by atomic mass is 10.0. The van der Waals surface area contributed by atoms with Gasteiger partial charge >= 0.3 is 5.97 Å². The quantitative estimate of drug-likeness (QED) is 0.862. The van der Waals surface area contributed by atoms with Crippen LogP contribution in [0.15, 0.2) is 23.0 Å². The molecule has 0 bridgehead atoms. The molecule has 0 radical (unpaired) electrons. The lowest BCUT2D eigenvalue weighted by Crippen LogP contribution is -2.25. The molecule has 0 saturated carbocycles. The average molecular weight is 272 g/mol. The zero-order chi connectivity index (χ0) is 14.3. The molecule has 5 heteroatoms. The molecule has 0 fully saturated rings. The maximum absolute atomic E-state index is 12.5. The second-order valence-electron chi connectivity index (χ2n) is 5.47. The minimum Gasteiger partial charge on any atom is -0.478 e. The van der Waals surface area contributed by atoms with Gasteiger partial charge in [0.15, 0.2) is 0 Å². The molecular weight excluding hydrogens is 256 g/mol. The van der Waals surface area contributed by atoms with Crippen LogP contribution < -0.4 is 5.56 Å². The molecule has 0 saturated heterocycles. The summed E-state index contributed by atoms with van der Waals surface area (Å²) in [5.74, 6) is 0.267. The summed E-state index contributed by atoms with van der Waals surface area (Å²) in [6.45, 7) is 2.85. The highest BCUT2D eigenvalue weighted by Gasteiger charge is 2.18. The Morgan fingerprint density at radius 1 is 1.45 bits per heavy atom. The van der Waals surface area contributed by atoms with Gasteiger partial charge < -0.3 is 5.11 Å². The first-order chi connectivity index (χ1) is 9.56. The molecule has 3 rings (SSSR count). The van der Waals surface area contributed by atoms with E-state index >= 15 is 0 Å². The Hall–Kier alpha value is -2.17. The third-order valence-corrected chi connectivity index (χ3v) is 3.89. The summed E-state index contributed by atoms with van der Waals surface area (Å²) in [7, 11) is 0. The van der Waals surface area contributed by atoms with E-state index < -0.39 is 5.97 Å².